The van der Waals surface area contributed by atoms with E-state index in [1.54, 1.807) is 37.3 Å². The van der Waals surface area contributed by atoms with E-state index in [0.717, 1.165) is 11.1 Å². The van der Waals surface area contributed by atoms with E-state index in [0.29, 0.717) is 16.3 Å². The first kappa shape index (κ1) is 16.9. The first-order valence-electron chi connectivity index (χ1n) is 7.09. The predicted octanol–water partition coefficient (Wildman–Crippen LogP) is 3.14. The highest BCUT2D eigenvalue weighted by molar-refractivity contribution is 7.92. The van der Waals surface area contributed by atoms with Crippen LogP contribution in [0.2, 0.25) is 0 Å². The van der Waals surface area contributed by atoms with Gasteiger partial charge in [-0.15, -0.1) is 6.42 Å². The maximum atomic E-state index is 12.8. The van der Waals surface area contributed by atoms with Crippen molar-refractivity contribution in [3.63, 3.8) is 0 Å². The predicted molar refractivity (Wildman–Crippen MR) is 92.3 cm³/mol. The minimum atomic E-state index is -3.61. The normalized spacial score (nSPS) is 10.9. The molecule has 0 aliphatic rings. The fourth-order valence-corrected chi connectivity index (χ4v) is 3.65. The number of aryl methyl sites for hydroxylation is 2. The maximum Gasteiger partial charge on any atom is 0.264 e. The first-order chi connectivity index (χ1) is 10.9. The Morgan fingerprint density at radius 3 is 2.39 bits per heavy atom. The molecule has 0 bridgehead atoms. The fourth-order valence-electron chi connectivity index (χ4n) is 2.15. The lowest BCUT2D eigenvalue weighted by molar-refractivity contribution is 0.370. The molecule has 0 atom stereocenters. The monoisotopic (exact) mass is 329 g/mol. The van der Waals surface area contributed by atoms with E-state index >= 15 is 0 Å². The van der Waals surface area contributed by atoms with Crippen molar-refractivity contribution in [3.8, 4) is 18.1 Å². The largest absolute Gasteiger partial charge is 0.481 e. The molecule has 0 saturated carbocycles. The number of anilines is 1. The van der Waals surface area contributed by atoms with Gasteiger partial charge in [0.1, 0.15) is 12.4 Å². The van der Waals surface area contributed by atoms with E-state index in [4.69, 9.17) is 11.2 Å². The molecule has 0 unspecified atom stereocenters. The topological polar surface area (TPSA) is 46.6 Å². The fraction of sp³-hybridized carbons (Fsp3) is 0.222. The Labute approximate surface area is 137 Å². The summed E-state index contributed by atoms with van der Waals surface area (Å²) in [6.45, 7) is 3.84. The third kappa shape index (κ3) is 3.66. The van der Waals surface area contributed by atoms with Crippen molar-refractivity contribution in [1.82, 2.24) is 0 Å². The minimum absolute atomic E-state index is 0.177. The van der Waals surface area contributed by atoms with Crippen LogP contribution in [0.5, 0.6) is 5.75 Å². The molecule has 0 aromatic heterocycles. The molecule has 0 aliphatic carbocycles. The lowest BCUT2D eigenvalue weighted by atomic mass is 10.2. The number of sulfonamides is 1. The zero-order chi connectivity index (χ0) is 17.0. The van der Waals surface area contributed by atoms with Crippen LogP contribution in [0.15, 0.2) is 47.4 Å². The van der Waals surface area contributed by atoms with Crippen LogP contribution in [0.25, 0.3) is 0 Å². The summed E-state index contributed by atoms with van der Waals surface area (Å²) >= 11 is 0. The van der Waals surface area contributed by atoms with Gasteiger partial charge in [0.05, 0.1) is 10.6 Å². The van der Waals surface area contributed by atoms with Crippen molar-refractivity contribution in [2.24, 2.45) is 0 Å². The highest BCUT2D eigenvalue weighted by Crippen LogP contribution is 2.26. The maximum absolute atomic E-state index is 12.8. The molecule has 2 rings (SSSR count). The molecule has 0 heterocycles. The quantitative estimate of drug-likeness (QED) is 0.792. The number of terminal acetylenes is 1. The van der Waals surface area contributed by atoms with Gasteiger partial charge in [0.25, 0.3) is 10.0 Å². The SMILES string of the molecule is C#CCOc1ccc(N(C)S(=O)(=O)c2cc(C)ccc2C)cc1. The molecule has 0 fully saturated rings. The summed E-state index contributed by atoms with van der Waals surface area (Å²) in [5, 5.41) is 0. The lowest BCUT2D eigenvalue weighted by Crippen LogP contribution is -2.27. The number of hydrogen-bond acceptors (Lipinski definition) is 3. The van der Waals surface area contributed by atoms with Crippen LogP contribution in [0, 0.1) is 26.2 Å². The third-order valence-corrected chi connectivity index (χ3v) is 5.43. The Morgan fingerprint density at radius 1 is 1.13 bits per heavy atom. The summed E-state index contributed by atoms with van der Waals surface area (Å²) in [5.41, 5.74) is 2.18. The second kappa shape index (κ2) is 6.76. The van der Waals surface area contributed by atoms with E-state index in [2.05, 4.69) is 5.92 Å². The van der Waals surface area contributed by atoms with Crippen LogP contribution in [0.1, 0.15) is 11.1 Å². The Morgan fingerprint density at radius 2 is 1.78 bits per heavy atom. The van der Waals surface area contributed by atoms with Gasteiger partial charge in [-0.1, -0.05) is 18.1 Å². The molecule has 4 nitrogen and oxygen atoms in total. The van der Waals surface area contributed by atoms with Crippen LogP contribution in [0.3, 0.4) is 0 Å². The number of hydrogen-bond donors (Lipinski definition) is 0. The zero-order valence-corrected chi connectivity index (χ0v) is 14.2. The molecular weight excluding hydrogens is 310 g/mol. The summed E-state index contributed by atoms with van der Waals surface area (Å²) in [6.07, 6.45) is 5.14. The molecule has 120 valence electrons. The average Bonchev–Trinajstić information content (AvgIpc) is 2.54. The van der Waals surface area contributed by atoms with E-state index in [1.165, 1.54) is 11.4 Å². The van der Waals surface area contributed by atoms with E-state index < -0.39 is 10.0 Å². The van der Waals surface area contributed by atoms with E-state index in [9.17, 15) is 8.42 Å². The molecular formula is C18H19NO3S. The Kier molecular flexibility index (Phi) is 4.97. The molecule has 0 spiro atoms. The summed E-state index contributed by atoms with van der Waals surface area (Å²) in [7, 11) is -2.08. The van der Waals surface area contributed by atoms with Gasteiger partial charge in [-0.3, -0.25) is 4.31 Å². The van der Waals surface area contributed by atoms with Crippen LogP contribution < -0.4 is 9.04 Å². The molecule has 23 heavy (non-hydrogen) atoms. The smallest absolute Gasteiger partial charge is 0.264 e. The number of benzene rings is 2. The van der Waals surface area contributed by atoms with Crippen molar-refractivity contribution in [2.75, 3.05) is 18.0 Å². The Balaban J connectivity index is 2.33. The number of nitrogens with zero attached hydrogens (tertiary/aromatic N) is 1. The van der Waals surface area contributed by atoms with Gasteiger partial charge in [-0.05, 0) is 55.3 Å². The summed E-state index contributed by atoms with van der Waals surface area (Å²) in [6, 6.07) is 12.2. The molecule has 0 aliphatic heterocycles. The highest BCUT2D eigenvalue weighted by Gasteiger charge is 2.23. The number of rotatable bonds is 5. The van der Waals surface area contributed by atoms with Crippen LogP contribution in [-0.4, -0.2) is 22.1 Å². The van der Waals surface area contributed by atoms with Gasteiger partial charge in [-0.2, -0.15) is 0 Å². The summed E-state index contributed by atoms with van der Waals surface area (Å²) < 4.78 is 32.2. The second-order valence-electron chi connectivity index (χ2n) is 5.23. The second-order valence-corrected chi connectivity index (χ2v) is 7.17. The molecule has 2 aromatic rings. The Bertz CT molecular complexity index is 834. The van der Waals surface area contributed by atoms with Crippen molar-refractivity contribution >= 4 is 15.7 Å². The van der Waals surface area contributed by atoms with Crippen LogP contribution in [-0.2, 0) is 10.0 Å². The van der Waals surface area contributed by atoms with Crippen molar-refractivity contribution in [1.29, 1.82) is 0 Å². The Hall–Kier alpha value is -2.45. The van der Waals surface area contributed by atoms with Crippen molar-refractivity contribution < 1.29 is 13.2 Å². The number of ether oxygens (including phenoxy) is 1. The molecule has 0 amide bonds. The summed E-state index contributed by atoms with van der Waals surface area (Å²) in [4.78, 5) is 0.313. The van der Waals surface area contributed by atoms with Crippen molar-refractivity contribution in [3.05, 3.63) is 53.6 Å². The molecule has 0 N–H and O–H groups in total. The van der Waals surface area contributed by atoms with E-state index in [1.807, 2.05) is 19.1 Å². The third-order valence-electron chi connectivity index (χ3n) is 3.50. The zero-order valence-electron chi connectivity index (χ0n) is 13.4. The van der Waals surface area contributed by atoms with Gasteiger partial charge in [0.15, 0.2) is 0 Å². The minimum Gasteiger partial charge on any atom is -0.481 e. The van der Waals surface area contributed by atoms with Gasteiger partial charge in [0.2, 0.25) is 0 Å². The lowest BCUT2D eigenvalue weighted by Gasteiger charge is -2.21. The standard InChI is InChI=1S/C18H19NO3S/c1-5-12-22-17-10-8-16(9-11-17)19(4)23(20,21)18-13-14(2)6-7-15(18)3/h1,6-11,13H,12H2,2-4H3. The van der Waals surface area contributed by atoms with Gasteiger partial charge >= 0.3 is 0 Å². The first-order valence-corrected chi connectivity index (χ1v) is 8.53. The highest BCUT2D eigenvalue weighted by atomic mass is 32.2. The summed E-state index contributed by atoms with van der Waals surface area (Å²) in [5.74, 6) is 2.98. The average molecular weight is 329 g/mol. The van der Waals surface area contributed by atoms with Gasteiger partial charge in [-0.25, -0.2) is 8.42 Å². The van der Waals surface area contributed by atoms with Crippen LogP contribution >= 0.6 is 0 Å². The van der Waals surface area contributed by atoms with Gasteiger partial charge < -0.3 is 4.74 Å². The molecule has 0 radical (unpaired) electrons. The van der Waals surface area contributed by atoms with Crippen molar-refractivity contribution in [2.45, 2.75) is 18.7 Å². The van der Waals surface area contributed by atoms with Gasteiger partial charge in [0, 0.05) is 7.05 Å². The van der Waals surface area contributed by atoms with Crippen LogP contribution in [0.4, 0.5) is 5.69 Å². The van der Waals surface area contributed by atoms with E-state index in [-0.39, 0.29) is 6.61 Å². The molecule has 2 aromatic carbocycles. The molecule has 0 saturated heterocycles. The molecule has 5 heteroatoms.